The maximum atomic E-state index is 2.40. The van der Waals surface area contributed by atoms with Crippen molar-refractivity contribution in [3.63, 3.8) is 0 Å². The molecule has 0 unspecified atom stereocenters. The van der Waals surface area contributed by atoms with Crippen LogP contribution in [0.4, 0.5) is 0 Å². The van der Waals surface area contributed by atoms with E-state index in [0.717, 1.165) is 0 Å². The molecule has 0 heterocycles. The summed E-state index contributed by atoms with van der Waals surface area (Å²) < 4.78 is 0. The lowest BCUT2D eigenvalue weighted by Gasteiger charge is -2.18. The van der Waals surface area contributed by atoms with Crippen LogP contribution in [0.5, 0.6) is 0 Å². The average molecular weight is 470 g/mol. The van der Waals surface area contributed by atoms with Crippen LogP contribution in [-0.2, 0) is 0 Å². The normalized spacial score (nSPS) is 11.7. The molecule has 0 N–H and O–H groups in total. The molecule has 0 amide bonds. The smallest absolute Gasteiger partial charge is 0.0219 e. The van der Waals surface area contributed by atoms with Gasteiger partial charge in [-0.05, 0) is 78.9 Å². The van der Waals surface area contributed by atoms with E-state index in [9.17, 15) is 0 Å². The van der Waals surface area contributed by atoms with Gasteiger partial charge in [-0.2, -0.15) is 0 Å². The van der Waals surface area contributed by atoms with Crippen LogP contribution in [0, 0.1) is 6.42 Å². The highest BCUT2D eigenvalue weighted by Crippen LogP contribution is 2.52. The van der Waals surface area contributed by atoms with Gasteiger partial charge in [0.15, 0.2) is 0 Å². The summed E-state index contributed by atoms with van der Waals surface area (Å²) >= 11 is 0. The van der Waals surface area contributed by atoms with Gasteiger partial charge in [0.2, 0.25) is 0 Å². The fourth-order valence-electron chi connectivity index (χ4n) is 5.62. The molecule has 1 aliphatic rings. The van der Waals surface area contributed by atoms with Crippen LogP contribution in [0.15, 0.2) is 146 Å². The lowest BCUT2D eigenvalue weighted by atomic mass is 9.86. The van der Waals surface area contributed by atoms with Crippen molar-refractivity contribution in [2.24, 2.45) is 0 Å². The summed E-state index contributed by atoms with van der Waals surface area (Å²) in [7, 11) is 0. The summed E-state index contributed by atoms with van der Waals surface area (Å²) in [5.74, 6) is 0. The minimum Gasteiger partial charge on any atom is -0.0622 e. The van der Waals surface area contributed by atoms with E-state index >= 15 is 0 Å². The number of hydrogen-bond donors (Lipinski definition) is 0. The van der Waals surface area contributed by atoms with Crippen LogP contribution < -0.4 is 0 Å². The lowest BCUT2D eigenvalue weighted by Crippen LogP contribution is -1.92. The molecule has 37 heavy (non-hydrogen) atoms. The van der Waals surface area contributed by atoms with Gasteiger partial charge in [-0.15, -0.1) is 0 Å². The molecule has 0 nitrogen and oxygen atoms in total. The molecule has 0 aliphatic heterocycles. The molecule has 1 aliphatic carbocycles. The molecular weight excluding hydrogens is 444 g/mol. The Kier molecular flexibility index (Phi) is 5.30. The molecule has 7 rings (SSSR count). The predicted molar refractivity (Wildman–Crippen MR) is 156 cm³/mol. The van der Waals surface area contributed by atoms with E-state index in [1.165, 1.54) is 66.8 Å². The molecule has 6 aromatic carbocycles. The Morgan fingerprint density at radius 1 is 0.297 bits per heavy atom. The third-order valence-electron chi connectivity index (χ3n) is 7.33. The van der Waals surface area contributed by atoms with Gasteiger partial charge in [0.25, 0.3) is 0 Å². The monoisotopic (exact) mass is 469 g/mol. The molecule has 0 heteroatoms. The Morgan fingerprint density at radius 3 is 1.32 bits per heavy atom. The summed E-state index contributed by atoms with van der Waals surface area (Å²) in [6, 6.07) is 52.4. The van der Waals surface area contributed by atoms with Crippen LogP contribution >= 0.6 is 0 Å². The molecule has 1 radical (unpaired) electrons. The van der Waals surface area contributed by atoms with Crippen molar-refractivity contribution < 1.29 is 0 Å². The van der Waals surface area contributed by atoms with Gasteiger partial charge in [0.05, 0.1) is 0 Å². The fourth-order valence-corrected chi connectivity index (χ4v) is 5.62. The van der Waals surface area contributed by atoms with Gasteiger partial charge in [0.1, 0.15) is 0 Å². The highest BCUT2D eigenvalue weighted by Gasteiger charge is 2.29. The van der Waals surface area contributed by atoms with Crippen LogP contribution in [0.25, 0.3) is 55.6 Å². The van der Waals surface area contributed by atoms with Crippen LogP contribution in [0.2, 0.25) is 0 Å². The van der Waals surface area contributed by atoms with E-state index in [2.05, 4.69) is 152 Å². The molecule has 0 saturated heterocycles. The maximum absolute atomic E-state index is 2.40. The van der Waals surface area contributed by atoms with E-state index in [1.54, 1.807) is 0 Å². The molecule has 0 spiro atoms. The van der Waals surface area contributed by atoms with Crippen molar-refractivity contribution in [1.29, 1.82) is 0 Å². The van der Waals surface area contributed by atoms with Crippen molar-refractivity contribution in [3.05, 3.63) is 163 Å². The number of benzene rings is 6. The zero-order valence-electron chi connectivity index (χ0n) is 20.4. The first kappa shape index (κ1) is 21.6. The molecule has 173 valence electrons. The van der Waals surface area contributed by atoms with Gasteiger partial charge in [-0.3, -0.25) is 0 Å². The summed E-state index contributed by atoms with van der Waals surface area (Å²) in [6.07, 6.45) is 2.40. The number of rotatable bonds is 4. The molecular formula is C37H25. The fraction of sp³-hybridized carbons (Fsp3) is 0. The van der Waals surface area contributed by atoms with E-state index < -0.39 is 0 Å². The molecule has 0 aromatic heterocycles. The number of fused-ring (bicyclic) bond motifs is 3. The molecule has 0 fully saturated rings. The third kappa shape index (κ3) is 3.79. The Bertz CT molecular complexity index is 1700. The first-order valence-electron chi connectivity index (χ1n) is 12.8. The molecule has 6 aromatic rings. The molecule has 0 saturated carbocycles. The van der Waals surface area contributed by atoms with E-state index in [1.807, 2.05) is 0 Å². The lowest BCUT2D eigenvalue weighted by molar-refractivity contribution is 1.51. The van der Waals surface area contributed by atoms with E-state index in [0.29, 0.717) is 0 Å². The van der Waals surface area contributed by atoms with E-state index in [4.69, 9.17) is 0 Å². The van der Waals surface area contributed by atoms with Gasteiger partial charge >= 0.3 is 0 Å². The summed E-state index contributed by atoms with van der Waals surface area (Å²) in [4.78, 5) is 0. The topological polar surface area (TPSA) is 0 Å². The standard InChI is InChI=1S/C37H25/c1-5-13-26(14-6-1)30-23-31-25-35-32(27-15-7-2-8-16-27)21-22-33(28-17-9-3-10-18-28)37(35)36(31)34(24-30)29-19-11-4-12-20-29/h1-25H. The minimum atomic E-state index is 1.23. The highest BCUT2D eigenvalue weighted by molar-refractivity contribution is 6.04. The van der Waals surface area contributed by atoms with Crippen molar-refractivity contribution in [2.75, 3.05) is 0 Å². The second-order valence-electron chi connectivity index (χ2n) is 9.55. The number of hydrogen-bond acceptors (Lipinski definition) is 0. The zero-order valence-corrected chi connectivity index (χ0v) is 20.4. The summed E-state index contributed by atoms with van der Waals surface area (Å²) in [5.41, 5.74) is 15.2. The molecule has 0 bridgehead atoms. The second-order valence-corrected chi connectivity index (χ2v) is 9.55. The van der Waals surface area contributed by atoms with Gasteiger partial charge in [-0.25, -0.2) is 0 Å². The van der Waals surface area contributed by atoms with Gasteiger partial charge in [-0.1, -0.05) is 133 Å². The van der Waals surface area contributed by atoms with Crippen molar-refractivity contribution in [2.45, 2.75) is 0 Å². The average Bonchev–Trinajstić information content (AvgIpc) is 3.38. The largest absolute Gasteiger partial charge is 0.0622 e. The van der Waals surface area contributed by atoms with Gasteiger partial charge in [0, 0.05) is 6.42 Å². The van der Waals surface area contributed by atoms with Gasteiger partial charge < -0.3 is 0 Å². The predicted octanol–water partition coefficient (Wildman–Crippen LogP) is 9.94. The Balaban J connectivity index is 1.56. The first-order valence-corrected chi connectivity index (χ1v) is 12.8. The summed E-state index contributed by atoms with van der Waals surface area (Å²) in [5, 5.41) is 0. The van der Waals surface area contributed by atoms with Crippen LogP contribution in [0.3, 0.4) is 0 Å². The van der Waals surface area contributed by atoms with Crippen molar-refractivity contribution in [3.8, 4) is 55.6 Å². The zero-order chi connectivity index (χ0) is 24.6. The van der Waals surface area contributed by atoms with E-state index in [-0.39, 0.29) is 0 Å². The molecule has 0 atom stereocenters. The Labute approximate surface area is 218 Å². The Morgan fingerprint density at radius 2 is 0.757 bits per heavy atom. The SMILES string of the molecule is [CH]1c2cc(-c3ccccc3)cc(-c3ccccc3)c2-c2c(-c3ccccc3)ccc(-c3ccccc3)c21. The summed E-state index contributed by atoms with van der Waals surface area (Å²) in [6.45, 7) is 0. The second kappa shape index (κ2) is 9.08. The van der Waals surface area contributed by atoms with Crippen LogP contribution in [-0.4, -0.2) is 0 Å². The minimum absolute atomic E-state index is 1.23. The van der Waals surface area contributed by atoms with Crippen LogP contribution in [0.1, 0.15) is 11.1 Å². The maximum Gasteiger partial charge on any atom is 0.0219 e. The van der Waals surface area contributed by atoms with Crippen molar-refractivity contribution in [1.82, 2.24) is 0 Å². The van der Waals surface area contributed by atoms with Crippen molar-refractivity contribution >= 4 is 0 Å². The Hall–Kier alpha value is -4.68. The third-order valence-corrected chi connectivity index (χ3v) is 7.33. The quantitative estimate of drug-likeness (QED) is 0.241. The first-order chi connectivity index (χ1) is 18.4. The highest BCUT2D eigenvalue weighted by atomic mass is 14.3.